The maximum Gasteiger partial charge on any atom is 0.132 e. The van der Waals surface area contributed by atoms with Gasteiger partial charge in [0.1, 0.15) is 11.9 Å². The summed E-state index contributed by atoms with van der Waals surface area (Å²) in [6.45, 7) is 9.30. The molecule has 2 aromatic rings. The Morgan fingerprint density at radius 1 is 1.43 bits per heavy atom. The van der Waals surface area contributed by atoms with Gasteiger partial charge in [-0.25, -0.2) is 4.98 Å². The molecule has 4 nitrogen and oxygen atoms in total. The lowest BCUT2D eigenvalue weighted by molar-refractivity contribution is 0.128. The first-order valence-corrected chi connectivity index (χ1v) is 8.14. The van der Waals surface area contributed by atoms with Gasteiger partial charge < -0.3 is 14.8 Å². The molecular formula is C16H24N2O2S. The smallest absolute Gasteiger partial charge is 0.132 e. The molecule has 2 aromatic heterocycles. The monoisotopic (exact) mass is 308 g/mol. The number of aliphatic hydroxyl groups excluding tert-OH is 1. The van der Waals surface area contributed by atoms with Crippen molar-refractivity contribution in [3.63, 3.8) is 0 Å². The van der Waals surface area contributed by atoms with Crippen LogP contribution in [0.3, 0.4) is 0 Å². The van der Waals surface area contributed by atoms with Crippen molar-refractivity contribution in [1.82, 2.24) is 10.3 Å². The molecule has 0 aliphatic rings. The van der Waals surface area contributed by atoms with E-state index < -0.39 is 6.10 Å². The lowest BCUT2D eigenvalue weighted by Gasteiger charge is -2.16. The zero-order chi connectivity index (χ0) is 15.5. The molecule has 0 bridgehead atoms. The largest absolute Gasteiger partial charge is 0.467 e. The summed E-state index contributed by atoms with van der Waals surface area (Å²) >= 11 is 1.70. The Labute approximate surface area is 130 Å². The molecule has 0 fully saturated rings. The Kier molecular flexibility index (Phi) is 5.19. The molecule has 5 heteroatoms. The number of hydrogen-bond acceptors (Lipinski definition) is 5. The molecule has 116 valence electrons. The van der Waals surface area contributed by atoms with Crippen molar-refractivity contribution in [2.45, 2.75) is 58.2 Å². The Bertz CT molecular complexity index is 543. The molecule has 0 aliphatic carbocycles. The van der Waals surface area contributed by atoms with Gasteiger partial charge in [0.15, 0.2) is 0 Å². The molecule has 0 saturated carbocycles. The van der Waals surface area contributed by atoms with Gasteiger partial charge >= 0.3 is 0 Å². The van der Waals surface area contributed by atoms with E-state index in [0.717, 1.165) is 17.2 Å². The standard InChI is InChI=1S/C16H24N2O2S/c1-11(8-13(19)14-6-5-7-20-14)17-9-12-10-21-15(18-12)16(2,3)4/h5-7,10-11,13,17,19H,8-9H2,1-4H3. The maximum atomic E-state index is 10.0. The number of hydrogen-bond donors (Lipinski definition) is 2. The molecule has 2 rings (SSSR count). The summed E-state index contributed by atoms with van der Waals surface area (Å²) in [4.78, 5) is 4.66. The Morgan fingerprint density at radius 3 is 2.76 bits per heavy atom. The predicted molar refractivity (Wildman–Crippen MR) is 85.4 cm³/mol. The van der Waals surface area contributed by atoms with E-state index in [0.29, 0.717) is 12.2 Å². The van der Waals surface area contributed by atoms with E-state index in [1.165, 1.54) is 0 Å². The second kappa shape index (κ2) is 6.73. The van der Waals surface area contributed by atoms with Gasteiger partial charge in [-0.15, -0.1) is 11.3 Å². The summed E-state index contributed by atoms with van der Waals surface area (Å²) < 4.78 is 5.21. The van der Waals surface area contributed by atoms with E-state index in [1.807, 2.05) is 0 Å². The van der Waals surface area contributed by atoms with Crippen molar-refractivity contribution in [3.05, 3.63) is 40.2 Å². The fourth-order valence-corrected chi connectivity index (χ4v) is 2.93. The van der Waals surface area contributed by atoms with Crippen molar-refractivity contribution in [2.24, 2.45) is 0 Å². The van der Waals surface area contributed by atoms with Gasteiger partial charge in [0.05, 0.1) is 17.0 Å². The molecule has 2 heterocycles. The number of aromatic nitrogens is 1. The van der Waals surface area contributed by atoms with Gasteiger partial charge in [-0.2, -0.15) is 0 Å². The van der Waals surface area contributed by atoms with Crippen LogP contribution >= 0.6 is 11.3 Å². The van der Waals surface area contributed by atoms with Crippen LogP contribution in [-0.4, -0.2) is 16.1 Å². The number of aliphatic hydroxyl groups is 1. The number of nitrogens with zero attached hydrogens (tertiary/aromatic N) is 1. The molecule has 0 amide bonds. The first-order chi connectivity index (χ1) is 9.86. The van der Waals surface area contributed by atoms with Gasteiger partial charge in [-0.1, -0.05) is 20.8 Å². The van der Waals surface area contributed by atoms with Crippen LogP contribution in [0.4, 0.5) is 0 Å². The average Bonchev–Trinajstić information content (AvgIpc) is 3.07. The van der Waals surface area contributed by atoms with Crippen LogP contribution in [0.2, 0.25) is 0 Å². The summed E-state index contributed by atoms with van der Waals surface area (Å²) in [6.07, 6.45) is 1.63. The molecular weight excluding hydrogens is 284 g/mol. The normalized spacial score (nSPS) is 15.1. The van der Waals surface area contributed by atoms with Gasteiger partial charge in [-0.05, 0) is 25.5 Å². The maximum absolute atomic E-state index is 10.0. The van der Waals surface area contributed by atoms with Gasteiger partial charge in [0.25, 0.3) is 0 Å². The lowest BCUT2D eigenvalue weighted by Crippen LogP contribution is -2.27. The number of thiazole rings is 1. The molecule has 0 radical (unpaired) electrons. The van der Waals surface area contributed by atoms with Crippen LogP contribution < -0.4 is 5.32 Å². The minimum Gasteiger partial charge on any atom is -0.467 e. The highest BCUT2D eigenvalue weighted by Gasteiger charge is 2.18. The lowest BCUT2D eigenvalue weighted by atomic mass is 9.98. The number of furan rings is 1. The summed E-state index contributed by atoms with van der Waals surface area (Å²) in [7, 11) is 0. The fourth-order valence-electron chi connectivity index (χ4n) is 2.03. The van der Waals surface area contributed by atoms with Crippen molar-refractivity contribution >= 4 is 11.3 Å². The predicted octanol–water partition coefficient (Wildman–Crippen LogP) is 3.64. The summed E-state index contributed by atoms with van der Waals surface area (Å²) in [5.74, 6) is 0.618. The highest BCUT2D eigenvalue weighted by atomic mass is 32.1. The highest BCUT2D eigenvalue weighted by molar-refractivity contribution is 7.09. The van der Waals surface area contributed by atoms with Crippen LogP contribution in [0.25, 0.3) is 0 Å². The first kappa shape index (κ1) is 16.2. The Morgan fingerprint density at radius 2 is 2.19 bits per heavy atom. The highest BCUT2D eigenvalue weighted by Crippen LogP contribution is 2.25. The Balaban J connectivity index is 1.81. The van der Waals surface area contributed by atoms with Gasteiger partial charge in [-0.3, -0.25) is 0 Å². The minimum absolute atomic E-state index is 0.101. The molecule has 2 unspecified atom stereocenters. The van der Waals surface area contributed by atoms with Crippen LogP contribution in [-0.2, 0) is 12.0 Å². The van der Waals surface area contributed by atoms with E-state index in [-0.39, 0.29) is 11.5 Å². The molecule has 2 atom stereocenters. The van der Waals surface area contributed by atoms with Crippen molar-refractivity contribution < 1.29 is 9.52 Å². The molecule has 2 N–H and O–H groups in total. The SMILES string of the molecule is CC(CC(O)c1ccco1)NCc1csc(C(C)(C)C)n1. The van der Waals surface area contributed by atoms with Crippen molar-refractivity contribution in [3.8, 4) is 0 Å². The van der Waals surface area contributed by atoms with Gasteiger partial charge in [0, 0.05) is 23.4 Å². The second-order valence-corrected chi connectivity index (χ2v) is 7.30. The third kappa shape index (κ3) is 4.66. The van der Waals surface area contributed by atoms with Crippen molar-refractivity contribution in [1.29, 1.82) is 0 Å². The third-order valence-electron chi connectivity index (χ3n) is 3.27. The molecule has 0 aliphatic heterocycles. The van der Waals surface area contributed by atoms with Crippen molar-refractivity contribution in [2.75, 3.05) is 0 Å². The second-order valence-electron chi connectivity index (χ2n) is 6.44. The zero-order valence-electron chi connectivity index (χ0n) is 13.1. The fraction of sp³-hybridized carbons (Fsp3) is 0.562. The van der Waals surface area contributed by atoms with E-state index in [2.05, 4.69) is 43.4 Å². The quantitative estimate of drug-likeness (QED) is 0.855. The van der Waals surface area contributed by atoms with Gasteiger partial charge in [0.2, 0.25) is 0 Å². The number of rotatable bonds is 6. The molecule has 0 spiro atoms. The summed E-state index contributed by atoms with van der Waals surface area (Å²) in [5.41, 5.74) is 1.16. The van der Waals surface area contributed by atoms with Crippen LogP contribution in [0.5, 0.6) is 0 Å². The number of nitrogens with one attached hydrogen (secondary N) is 1. The van der Waals surface area contributed by atoms with E-state index >= 15 is 0 Å². The summed E-state index contributed by atoms with van der Waals surface area (Å²) in [6, 6.07) is 3.78. The molecule has 21 heavy (non-hydrogen) atoms. The zero-order valence-corrected chi connectivity index (χ0v) is 13.9. The Hall–Kier alpha value is -1.17. The van der Waals surface area contributed by atoms with E-state index in [4.69, 9.17) is 4.42 Å². The molecule has 0 aromatic carbocycles. The molecule has 0 saturated heterocycles. The first-order valence-electron chi connectivity index (χ1n) is 7.26. The summed E-state index contributed by atoms with van der Waals surface area (Å²) in [5, 5.41) is 16.7. The van der Waals surface area contributed by atoms with Crippen LogP contribution in [0, 0.1) is 0 Å². The third-order valence-corrected chi connectivity index (χ3v) is 4.59. The average molecular weight is 308 g/mol. The van der Waals surface area contributed by atoms with E-state index in [9.17, 15) is 5.11 Å². The topological polar surface area (TPSA) is 58.3 Å². The van der Waals surface area contributed by atoms with Crippen LogP contribution in [0.15, 0.2) is 28.2 Å². The minimum atomic E-state index is -0.567. The van der Waals surface area contributed by atoms with Crippen LogP contribution in [0.1, 0.15) is 56.7 Å². The van der Waals surface area contributed by atoms with E-state index in [1.54, 1.807) is 29.7 Å².